The minimum absolute atomic E-state index is 0.0271. The van der Waals surface area contributed by atoms with Crippen LogP contribution in [0.3, 0.4) is 0 Å². The standard InChI is InChI=1S/C12H13NO2/c1-2-10-4-3-5-12(8-10)15-9-11(14)6-7-13/h3-5,8H,2,6,9H2,1H3. The quantitative estimate of drug-likeness (QED) is 0.736. The number of hydrogen-bond donors (Lipinski definition) is 0. The number of nitriles is 1. The molecule has 0 radical (unpaired) electrons. The van der Waals surface area contributed by atoms with Gasteiger partial charge >= 0.3 is 0 Å². The molecule has 0 aliphatic carbocycles. The number of benzene rings is 1. The van der Waals surface area contributed by atoms with Gasteiger partial charge in [-0.15, -0.1) is 0 Å². The third-order valence-electron chi connectivity index (χ3n) is 1.98. The number of nitrogens with zero attached hydrogens (tertiary/aromatic N) is 1. The molecule has 0 atom stereocenters. The van der Waals surface area contributed by atoms with Gasteiger partial charge in [0.2, 0.25) is 0 Å². The molecule has 0 unspecified atom stereocenters. The summed E-state index contributed by atoms with van der Waals surface area (Å²) in [5.41, 5.74) is 1.17. The molecule has 0 saturated heterocycles. The summed E-state index contributed by atoms with van der Waals surface area (Å²) in [6, 6.07) is 9.40. The Morgan fingerprint density at radius 3 is 3.00 bits per heavy atom. The van der Waals surface area contributed by atoms with E-state index in [-0.39, 0.29) is 18.8 Å². The first-order chi connectivity index (χ1) is 7.26. The molecule has 1 rings (SSSR count). The van der Waals surface area contributed by atoms with Gasteiger partial charge in [0, 0.05) is 0 Å². The van der Waals surface area contributed by atoms with Crippen molar-refractivity contribution in [3.63, 3.8) is 0 Å². The number of carbonyl (C=O) groups is 1. The van der Waals surface area contributed by atoms with Gasteiger partial charge in [-0.2, -0.15) is 5.26 Å². The zero-order valence-corrected chi connectivity index (χ0v) is 8.69. The van der Waals surface area contributed by atoms with Gasteiger partial charge in [0.1, 0.15) is 12.4 Å². The number of Topliss-reactive ketones (excluding diaryl/α,β-unsaturated/α-hetero) is 1. The lowest BCUT2D eigenvalue weighted by Gasteiger charge is -2.05. The van der Waals surface area contributed by atoms with Gasteiger partial charge in [-0.1, -0.05) is 19.1 Å². The van der Waals surface area contributed by atoms with Crippen molar-refractivity contribution in [3.05, 3.63) is 29.8 Å². The molecular formula is C12H13NO2. The number of ketones is 1. The molecule has 0 spiro atoms. The van der Waals surface area contributed by atoms with E-state index in [4.69, 9.17) is 10.00 Å². The van der Waals surface area contributed by atoms with Crippen LogP contribution in [0.25, 0.3) is 0 Å². The predicted octanol–water partition coefficient (Wildman–Crippen LogP) is 2.11. The average Bonchev–Trinajstić information content (AvgIpc) is 2.27. The van der Waals surface area contributed by atoms with Crippen molar-refractivity contribution in [2.24, 2.45) is 0 Å². The largest absolute Gasteiger partial charge is 0.486 e. The fraction of sp³-hybridized carbons (Fsp3) is 0.333. The molecule has 0 bridgehead atoms. The van der Waals surface area contributed by atoms with Gasteiger partial charge in [-0.05, 0) is 24.1 Å². The van der Waals surface area contributed by atoms with Crippen molar-refractivity contribution in [1.29, 1.82) is 5.26 Å². The van der Waals surface area contributed by atoms with E-state index in [9.17, 15) is 4.79 Å². The summed E-state index contributed by atoms with van der Waals surface area (Å²) in [4.78, 5) is 11.0. The van der Waals surface area contributed by atoms with E-state index in [0.29, 0.717) is 5.75 Å². The Hall–Kier alpha value is -1.82. The third-order valence-corrected chi connectivity index (χ3v) is 1.98. The summed E-state index contributed by atoms with van der Waals surface area (Å²) in [5.74, 6) is 0.486. The molecule has 0 heterocycles. The van der Waals surface area contributed by atoms with Gasteiger partial charge in [0.15, 0.2) is 5.78 Å². The molecule has 3 heteroatoms. The Morgan fingerprint density at radius 1 is 1.53 bits per heavy atom. The van der Waals surface area contributed by atoms with E-state index >= 15 is 0 Å². The first-order valence-corrected chi connectivity index (χ1v) is 4.86. The Morgan fingerprint density at radius 2 is 2.33 bits per heavy atom. The lowest BCUT2D eigenvalue weighted by atomic mass is 10.2. The summed E-state index contributed by atoms with van der Waals surface area (Å²) in [6.45, 7) is 2.03. The van der Waals surface area contributed by atoms with E-state index in [0.717, 1.165) is 6.42 Å². The highest BCUT2D eigenvalue weighted by molar-refractivity contribution is 5.81. The topological polar surface area (TPSA) is 50.1 Å². The van der Waals surface area contributed by atoms with E-state index in [1.54, 1.807) is 12.1 Å². The maximum atomic E-state index is 11.0. The molecule has 1 aromatic rings. The summed E-state index contributed by atoms with van der Waals surface area (Å²) in [5, 5.41) is 8.29. The zero-order valence-electron chi connectivity index (χ0n) is 8.69. The minimum atomic E-state index is -0.195. The number of ether oxygens (including phenoxy) is 1. The molecule has 0 fully saturated rings. The van der Waals surface area contributed by atoms with Crippen LogP contribution in [0.5, 0.6) is 5.75 Å². The summed E-state index contributed by atoms with van der Waals surface area (Å²) < 4.78 is 5.26. The Kier molecular flexibility index (Phi) is 4.36. The third kappa shape index (κ3) is 3.82. The number of rotatable bonds is 5. The zero-order chi connectivity index (χ0) is 11.1. The Bertz CT molecular complexity index is 379. The van der Waals surface area contributed by atoms with Crippen molar-refractivity contribution >= 4 is 5.78 Å². The Labute approximate surface area is 89.3 Å². The molecule has 15 heavy (non-hydrogen) atoms. The van der Waals surface area contributed by atoms with Gasteiger partial charge < -0.3 is 4.74 Å². The molecule has 78 valence electrons. The van der Waals surface area contributed by atoms with Crippen LogP contribution >= 0.6 is 0 Å². The molecule has 0 saturated carbocycles. The van der Waals surface area contributed by atoms with Crippen LogP contribution in [0.15, 0.2) is 24.3 Å². The van der Waals surface area contributed by atoms with E-state index < -0.39 is 0 Å². The van der Waals surface area contributed by atoms with Crippen LogP contribution in [0.1, 0.15) is 18.9 Å². The second-order valence-electron chi connectivity index (χ2n) is 3.16. The summed E-state index contributed by atoms with van der Waals surface area (Å²) in [7, 11) is 0. The van der Waals surface area contributed by atoms with Crippen molar-refractivity contribution in [1.82, 2.24) is 0 Å². The Balaban J connectivity index is 2.51. The number of aryl methyl sites for hydroxylation is 1. The van der Waals surface area contributed by atoms with Crippen molar-refractivity contribution < 1.29 is 9.53 Å². The normalized spacial score (nSPS) is 9.33. The van der Waals surface area contributed by atoms with Gasteiger partial charge in [0.05, 0.1) is 12.5 Å². The molecule has 1 aromatic carbocycles. The van der Waals surface area contributed by atoms with Gasteiger partial charge in [-0.3, -0.25) is 4.79 Å². The molecule has 0 aliphatic rings. The molecule has 3 nitrogen and oxygen atoms in total. The van der Waals surface area contributed by atoms with E-state index in [1.807, 2.05) is 18.2 Å². The molecule has 0 amide bonds. The SMILES string of the molecule is CCc1cccc(OCC(=O)CC#N)c1. The lowest BCUT2D eigenvalue weighted by molar-refractivity contribution is -0.120. The van der Waals surface area contributed by atoms with Crippen molar-refractivity contribution in [2.45, 2.75) is 19.8 Å². The van der Waals surface area contributed by atoms with Crippen LogP contribution in [0.4, 0.5) is 0 Å². The molecule has 0 N–H and O–H groups in total. The van der Waals surface area contributed by atoms with Crippen LogP contribution in [0, 0.1) is 11.3 Å². The highest BCUT2D eigenvalue weighted by Crippen LogP contribution is 2.13. The highest BCUT2D eigenvalue weighted by Gasteiger charge is 2.02. The van der Waals surface area contributed by atoms with Crippen LogP contribution in [-0.4, -0.2) is 12.4 Å². The van der Waals surface area contributed by atoms with Crippen molar-refractivity contribution in [3.8, 4) is 11.8 Å². The number of carbonyl (C=O) groups excluding carboxylic acids is 1. The first kappa shape index (κ1) is 11.3. The summed E-state index contributed by atoms with van der Waals surface area (Å²) >= 11 is 0. The van der Waals surface area contributed by atoms with E-state index in [1.165, 1.54) is 5.56 Å². The van der Waals surface area contributed by atoms with Crippen LogP contribution < -0.4 is 4.74 Å². The van der Waals surface area contributed by atoms with Gasteiger partial charge in [-0.25, -0.2) is 0 Å². The second-order valence-corrected chi connectivity index (χ2v) is 3.16. The molecular weight excluding hydrogens is 190 g/mol. The fourth-order valence-electron chi connectivity index (χ4n) is 1.16. The lowest BCUT2D eigenvalue weighted by Crippen LogP contribution is -2.10. The van der Waals surface area contributed by atoms with Gasteiger partial charge in [0.25, 0.3) is 0 Å². The smallest absolute Gasteiger partial charge is 0.184 e. The van der Waals surface area contributed by atoms with Crippen LogP contribution in [-0.2, 0) is 11.2 Å². The fourth-order valence-corrected chi connectivity index (χ4v) is 1.16. The predicted molar refractivity (Wildman–Crippen MR) is 56.6 cm³/mol. The summed E-state index contributed by atoms with van der Waals surface area (Å²) in [6.07, 6.45) is 0.844. The monoisotopic (exact) mass is 203 g/mol. The van der Waals surface area contributed by atoms with E-state index in [2.05, 4.69) is 6.92 Å². The number of hydrogen-bond acceptors (Lipinski definition) is 3. The maximum Gasteiger partial charge on any atom is 0.184 e. The van der Waals surface area contributed by atoms with Crippen molar-refractivity contribution in [2.75, 3.05) is 6.61 Å². The first-order valence-electron chi connectivity index (χ1n) is 4.86. The maximum absolute atomic E-state index is 11.0. The molecule has 0 aromatic heterocycles. The molecule has 0 aliphatic heterocycles. The van der Waals surface area contributed by atoms with Crippen LogP contribution in [0.2, 0.25) is 0 Å². The minimum Gasteiger partial charge on any atom is -0.486 e. The second kappa shape index (κ2) is 5.82. The average molecular weight is 203 g/mol. The highest BCUT2D eigenvalue weighted by atomic mass is 16.5.